The Morgan fingerprint density at radius 2 is 1.47 bits per heavy atom. The molecule has 0 aliphatic heterocycles. The minimum atomic E-state index is -0.309. The van der Waals surface area contributed by atoms with Gasteiger partial charge in [-0.3, -0.25) is 4.98 Å². The fourth-order valence-electron chi connectivity index (χ4n) is 6.95. The molecule has 4 unspecified atom stereocenters. The summed E-state index contributed by atoms with van der Waals surface area (Å²) in [6.45, 7) is 8.79. The molecule has 2 saturated carbocycles. The van der Waals surface area contributed by atoms with Crippen LogP contribution in [0.3, 0.4) is 0 Å². The van der Waals surface area contributed by atoms with Gasteiger partial charge >= 0.3 is 0 Å². The molecule has 197 valence electrons. The van der Waals surface area contributed by atoms with Crippen LogP contribution >= 0.6 is 0 Å². The van der Waals surface area contributed by atoms with E-state index in [-0.39, 0.29) is 49.1 Å². The SMILES string of the molecule is CCC1(CC)CCC2CC(CC)(CC)C(O)C2C1O.[Ir].[c-]1ccccc1-c1ccc2ccccc2n1. The van der Waals surface area contributed by atoms with Gasteiger partial charge in [0.1, 0.15) is 0 Å². The van der Waals surface area contributed by atoms with Crippen LogP contribution in [0.25, 0.3) is 22.2 Å². The number of hydrogen-bond donors (Lipinski definition) is 2. The van der Waals surface area contributed by atoms with E-state index in [0.717, 1.165) is 55.3 Å². The van der Waals surface area contributed by atoms with Crippen LogP contribution in [-0.4, -0.2) is 27.4 Å². The van der Waals surface area contributed by atoms with E-state index >= 15 is 0 Å². The zero-order valence-corrected chi connectivity index (χ0v) is 24.6. The maximum Gasteiger partial charge on any atom is 0.0651 e. The van der Waals surface area contributed by atoms with Gasteiger partial charge in [0.05, 0.1) is 17.7 Å². The Morgan fingerprint density at radius 1 is 0.833 bits per heavy atom. The predicted octanol–water partition coefficient (Wildman–Crippen LogP) is 7.45. The summed E-state index contributed by atoms with van der Waals surface area (Å²) in [4.78, 5) is 4.61. The summed E-state index contributed by atoms with van der Waals surface area (Å²) in [7, 11) is 0. The van der Waals surface area contributed by atoms with Crippen molar-refractivity contribution < 1.29 is 30.3 Å². The van der Waals surface area contributed by atoms with Crippen LogP contribution in [0, 0.1) is 28.7 Å². The maximum absolute atomic E-state index is 10.9. The molecule has 2 aliphatic carbocycles. The number of benzene rings is 2. The first-order valence-corrected chi connectivity index (χ1v) is 13.6. The molecule has 2 N–H and O–H groups in total. The van der Waals surface area contributed by atoms with Gasteiger partial charge in [0.2, 0.25) is 0 Å². The van der Waals surface area contributed by atoms with Crippen molar-refractivity contribution in [2.45, 2.75) is 84.8 Å². The number of aliphatic hydroxyl groups is 2. The monoisotopic (exact) mass is 665 g/mol. The summed E-state index contributed by atoms with van der Waals surface area (Å²) < 4.78 is 0. The van der Waals surface area contributed by atoms with Crippen molar-refractivity contribution in [3.8, 4) is 11.3 Å². The van der Waals surface area contributed by atoms with Crippen molar-refractivity contribution in [3.63, 3.8) is 0 Å². The molecule has 1 heterocycles. The largest absolute Gasteiger partial charge is 0.392 e. The van der Waals surface area contributed by atoms with Crippen LogP contribution < -0.4 is 0 Å². The van der Waals surface area contributed by atoms with Crippen molar-refractivity contribution in [3.05, 3.63) is 66.7 Å². The van der Waals surface area contributed by atoms with E-state index in [1.165, 1.54) is 11.8 Å². The van der Waals surface area contributed by atoms with Gasteiger partial charge in [0, 0.05) is 26.0 Å². The molecule has 4 heteroatoms. The quantitative estimate of drug-likeness (QED) is 0.279. The third kappa shape index (κ3) is 5.34. The zero-order valence-electron chi connectivity index (χ0n) is 22.2. The molecule has 0 spiro atoms. The Bertz CT molecular complexity index is 1090. The van der Waals surface area contributed by atoms with Gasteiger partial charge in [-0.1, -0.05) is 58.0 Å². The van der Waals surface area contributed by atoms with Crippen LogP contribution in [-0.2, 0) is 20.1 Å². The molecule has 2 fully saturated rings. The second-order valence-corrected chi connectivity index (χ2v) is 10.8. The number of hydrogen-bond acceptors (Lipinski definition) is 3. The number of nitrogens with zero attached hydrogens (tertiary/aromatic N) is 1. The van der Waals surface area contributed by atoms with Gasteiger partial charge < -0.3 is 10.2 Å². The molecule has 0 bridgehead atoms. The standard InChI is InChI=1S/C17H32O2.C15H10N.Ir/c1-5-16(6-2)10-9-12-11-17(7-3,8-4)15(19)13(12)14(16)18;1-2-6-12(7-3-1)15-11-10-13-8-4-5-9-14(13)16-15;/h12-15,18-19H,5-11H2,1-4H3;1-6,8-11H;/q;-1;. The molecular weight excluding hydrogens is 623 g/mol. The van der Waals surface area contributed by atoms with Crippen LogP contribution in [0.2, 0.25) is 0 Å². The van der Waals surface area contributed by atoms with Crippen LogP contribution in [0.5, 0.6) is 0 Å². The number of para-hydroxylation sites is 1. The molecule has 4 atom stereocenters. The average molecular weight is 665 g/mol. The van der Waals surface area contributed by atoms with Gasteiger partial charge in [-0.25, -0.2) is 0 Å². The summed E-state index contributed by atoms with van der Waals surface area (Å²) >= 11 is 0. The van der Waals surface area contributed by atoms with Crippen molar-refractivity contribution in [1.82, 2.24) is 4.98 Å². The van der Waals surface area contributed by atoms with E-state index in [1.807, 2.05) is 48.5 Å². The van der Waals surface area contributed by atoms with Crippen molar-refractivity contribution >= 4 is 10.9 Å². The summed E-state index contributed by atoms with van der Waals surface area (Å²) in [5.41, 5.74) is 3.15. The summed E-state index contributed by atoms with van der Waals surface area (Å²) in [5.74, 6) is 0.657. The van der Waals surface area contributed by atoms with Crippen LogP contribution in [0.15, 0.2) is 60.7 Å². The van der Waals surface area contributed by atoms with E-state index in [4.69, 9.17) is 0 Å². The Balaban J connectivity index is 0.000000197. The fourth-order valence-corrected chi connectivity index (χ4v) is 6.95. The second kappa shape index (κ2) is 12.3. The van der Waals surface area contributed by atoms with Crippen LogP contribution in [0.1, 0.15) is 72.6 Å². The number of fused-ring (bicyclic) bond motifs is 2. The molecule has 5 rings (SSSR count). The van der Waals surface area contributed by atoms with Crippen molar-refractivity contribution in [2.24, 2.45) is 22.7 Å². The number of aliphatic hydroxyl groups excluding tert-OH is 2. The van der Waals surface area contributed by atoms with Gasteiger partial charge in [-0.2, -0.15) is 0 Å². The van der Waals surface area contributed by atoms with Gasteiger partial charge in [0.15, 0.2) is 0 Å². The van der Waals surface area contributed by atoms with Crippen LogP contribution in [0.4, 0.5) is 0 Å². The first-order chi connectivity index (χ1) is 16.9. The second-order valence-electron chi connectivity index (χ2n) is 10.8. The molecule has 1 aromatic heterocycles. The molecule has 3 aromatic rings. The Kier molecular flexibility index (Phi) is 9.91. The van der Waals surface area contributed by atoms with E-state index in [2.05, 4.69) is 50.9 Å². The fraction of sp³-hybridized carbons (Fsp3) is 0.531. The number of aromatic nitrogens is 1. The molecule has 2 aliphatic rings. The molecule has 3 nitrogen and oxygen atoms in total. The number of pyridine rings is 1. The number of rotatable bonds is 5. The van der Waals surface area contributed by atoms with Crippen molar-refractivity contribution in [2.75, 3.05) is 0 Å². The third-order valence-electron chi connectivity index (χ3n) is 9.61. The summed E-state index contributed by atoms with van der Waals surface area (Å²) in [6, 6.07) is 23.4. The minimum Gasteiger partial charge on any atom is -0.392 e. The molecule has 36 heavy (non-hydrogen) atoms. The van der Waals surface area contributed by atoms with Crippen molar-refractivity contribution in [1.29, 1.82) is 0 Å². The van der Waals surface area contributed by atoms with E-state index in [0.29, 0.717) is 5.92 Å². The first kappa shape index (κ1) is 29.0. The maximum atomic E-state index is 10.9. The molecule has 0 saturated heterocycles. The van der Waals surface area contributed by atoms with Gasteiger partial charge in [-0.15, -0.1) is 35.9 Å². The smallest absolute Gasteiger partial charge is 0.0651 e. The molecule has 0 amide bonds. The van der Waals surface area contributed by atoms with Gasteiger partial charge in [0.25, 0.3) is 0 Å². The summed E-state index contributed by atoms with van der Waals surface area (Å²) in [5, 5.41) is 23.0. The van der Waals surface area contributed by atoms with E-state index in [9.17, 15) is 10.2 Å². The van der Waals surface area contributed by atoms with E-state index < -0.39 is 0 Å². The average Bonchev–Trinajstić information content (AvgIpc) is 3.22. The summed E-state index contributed by atoms with van der Waals surface area (Å²) in [6.07, 6.45) is 6.98. The Morgan fingerprint density at radius 3 is 2.11 bits per heavy atom. The zero-order chi connectivity index (χ0) is 25.1. The Labute approximate surface area is 231 Å². The predicted molar refractivity (Wildman–Crippen MR) is 145 cm³/mol. The normalized spacial score (nSPS) is 25.8. The van der Waals surface area contributed by atoms with Gasteiger partial charge in [-0.05, 0) is 78.8 Å². The minimum absolute atomic E-state index is 0. The molecule has 2 aromatic carbocycles. The van der Waals surface area contributed by atoms with E-state index in [1.54, 1.807) is 0 Å². The molecular formula is C32H42IrNO2-. The topological polar surface area (TPSA) is 53.4 Å². The third-order valence-corrected chi connectivity index (χ3v) is 9.61. The molecule has 1 radical (unpaired) electrons. The Hall–Kier alpha value is -1.58. The first-order valence-electron chi connectivity index (χ1n) is 13.6.